The molecule has 2 aromatic rings. The van der Waals surface area contributed by atoms with Gasteiger partial charge in [0.05, 0.1) is 24.2 Å². The number of hydrogen-bond donors (Lipinski definition) is 4. The molecule has 8 nitrogen and oxygen atoms in total. The van der Waals surface area contributed by atoms with Gasteiger partial charge in [0.1, 0.15) is 11.5 Å². The number of aliphatic hydroxyl groups excluding tert-OH is 2. The predicted molar refractivity (Wildman–Crippen MR) is 164 cm³/mol. The zero-order chi connectivity index (χ0) is 29.1. The standard InChI is InChI=1S/C30H36N4O2.2CH4O.2Cu/c1-19-11-21-15-31-25-7-3-5-9-27(25)33-17-23-13-20(2)14-24(30(23)36)18-34-28-10-6-4-8-26(28)32-16-22(12-19)29(21)35;2*1-2;;/h11-18,25-28,35-36H,3-10H2,1-2H3;2*2H,1H3;;/q;;;2*+1. The van der Waals surface area contributed by atoms with Crippen LogP contribution >= 0.6 is 0 Å². The normalized spacial score (nSPS) is 22.6. The summed E-state index contributed by atoms with van der Waals surface area (Å²) < 4.78 is 0. The third-order valence-electron chi connectivity index (χ3n) is 7.63. The van der Waals surface area contributed by atoms with E-state index in [1.54, 1.807) is 24.9 Å². The molecule has 0 saturated heterocycles. The third-order valence-corrected chi connectivity index (χ3v) is 7.63. The molecule has 236 valence electrons. The van der Waals surface area contributed by atoms with Crippen LogP contribution in [0.2, 0.25) is 0 Å². The van der Waals surface area contributed by atoms with Gasteiger partial charge in [-0.05, 0) is 74.9 Å². The van der Waals surface area contributed by atoms with Crippen molar-refractivity contribution in [2.75, 3.05) is 14.2 Å². The van der Waals surface area contributed by atoms with Crippen molar-refractivity contribution >= 4 is 24.9 Å². The molecule has 0 radical (unpaired) electrons. The Hall–Kier alpha value is -2.32. The van der Waals surface area contributed by atoms with Gasteiger partial charge in [-0.25, -0.2) is 0 Å². The first kappa shape index (κ1) is 37.7. The molecule has 4 N–H and O–H groups in total. The summed E-state index contributed by atoms with van der Waals surface area (Å²) in [5, 5.41) is 36.1. The summed E-state index contributed by atoms with van der Waals surface area (Å²) >= 11 is 0. The van der Waals surface area contributed by atoms with Crippen molar-refractivity contribution in [2.45, 2.75) is 89.4 Å². The largest absolute Gasteiger partial charge is 1.00 e. The first-order valence-corrected chi connectivity index (χ1v) is 14.2. The van der Waals surface area contributed by atoms with E-state index in [-0.39, 0.29) is 69.8 Å². The Morgan fingerprint density at radius 1 is 0.476 bits per heavy atom. The smallest absolute Gasteiger partial charge is 0.507 e. The second kappa shape index (κ2) is 19.1. The van der Waals surface area contributed by atoms with Gasteiger partial charge < -0.3 is 20.4 Å². The summed E-state index contributed by atoms with van der Waals surface area (Å²) in [7, 11) is 2.00. The summed E-state index contributed by atoms with van der Waals surface area (Å²) in [5.74, 6) is 0.438. The van der Waals surface area contributed by atoms with E-state index in [1.807, 2.05) is 38.1 Å². The Labute approximate surface area is 271 Å². The van der Waals surface area contributed by atoms with E-state index in [2.05, 4.69) is 0 Å². The van der Waals surface area contributed by atoms with Crippen molar-refractivity contribution in [2.24, 2.45) is 20.0 Å². The van der Waals surface area contributed by atoms with Gasteiger partial charge in [-0.3, -0.25) is 20.0 Å². The third kappa shape index (κ3) is 9.87. The number of hydrogen-bond acceptors (Lipinski definition) is 8. The summed E-state index contributed by atoms with van der Waals surface area (Å²) in [6.45, 7) is 4.06. The van der Waals surface area contributed by atoms with E-state index in [1.165, 1.54) is 0 Å². The number of aryl methyl sites for hydroxylation is 2. The monoisotopic (exact) mass is 674 g/mol. The Balaban J connectivity index is 0.00000141. The molecule has 2 fully saturated rings. The van der Waals surface area contributed by atoms with Crippen molar-refractivity contribution in [3.8, 4) is 11.5 Å². The van der Waals surface area contributed by atoms with E-state index in [4.69, 9.17) is 30.2 Å². The minimum absolute atomic E-state index is 0. The quantitative estimate of drug-likeness (QED) is 0.295. The zero-order valence-electron chi connectivity index (χ0n) is 24.8. The van der Waals surface area contributed by atoms with E-state index >= 15 is 0 Å². The number of aliphatic hydroxyl groups is 2. The van der Waals surface area contributed by atoms with Crippen LogP contribution in [0.5, 0.6) is 11.5 Å². The Morgan fingerprint density at radius 2 is 0.690 bits per heavy atom. The number of nitrogens with zero attached hydrogens (tertiary/aromatic N) is 4. The summed E-state index contributed by atoms with van der Waals surface area (Å²) in [6, 6.07) is 8.05. The molecule has 0 spiro atoms. The molecule has 4 atom stereocenters. The van der Waals surface area contributed by atoms with Crippen LogP contribution in [0.3, 0.4) is 0 Å². The maximum atomic E-state index is 11.0. The van der Waals surface area contributed by atoms with Crippen LogP contribution in [0.15, 0.2) is 44.2 Å². The molecule has 4 bridgehead atoms. The predicted octanol–water partition coefficient (Wildman–Crippen LogP) is 4.94. The fraction of sp³-hybridized carbons (Fsp3) is 0.500. The van der Waals surface area contributed by atoms with Crippen LogP contribution in [-0.2, 0) is 34.1 Å². The van der Waals surface area contributed by atoms with Crippen molar-refractivity contribution < 1.29 is 54.6 Å². The van der Waals surface area contributed by atoms with Gasteiger partial charge in [0.25, 0.3) is 0 Å². The fourth-order valence-electron chi connectivity index (χ4n) is 5.65. The SMILES string of the molecule is CO.CO.Cc1cc2c(O)c(c1)C=NC1CCCCC1N=Cc1cc(C)cc(c1O)C=NC1CCCCC1N=C2.[Cu+].[Cu+]. The van der Waals surface area contributed by atoms with Gasteiger partial charge in [-0.1, -0.05) is 25.7 Å². The average molecular weight is 676 g/mol. The molecule has 5 rings (SSSR count). The molecule has 1 heterocycles. The van der Waals surface area contributed by atoms with Gasteiger partial charge in [0.15, 0.2) is 0 Å². The fourth-order valence-corrected chi connectivity index (χ4v) is 5.65. The molecule has 0 aromatic heterocycles. The van der Waals surface area contributed by atoms with E-state index < -0.39 is 0 Å². The Kier molecular flexibility index (Phi) is 17.1. The van der Waals surface area contributed by atoms with Crippen LogP contribution in [0, 0.1) is 13.8 Å². The van der Waals surface area contributed by atoms with Crippen LogP contribution in [0.4, 0.5) is 0 Å². The van der Waals surface area contributed by atoms with Crippen molar-refractivity contribution in [1.82, 2.24) is 0 Å². The van der Waals surface area contributed by atoms with Gasteiger partial charge >= 0.3 is 34.1 Å². The first-order chi connectivity index (χ1) is 19.5. The second-order valence-electron chi connectivity index (χ2n) is 10.5. The maximum Gasteiger partial charge on any atom is 1.00 e. The second-order valence-corrected chi connectivity index (χ2v) is 10.5. The van der Waals surface area contributed by atoms with Crippen molar-refractivity contribution in [1.29, 1.82) is 0 Å². The molecule has 2 aliphatic carbocycles. The molecular formula is C32H44Cu2N4O4+2. The number of aromatic hydroxyl groups is 2. The number of benzene rings is 2. The first-order valence-electron chi connectivity index (χ1n) is 14.2. The van der Waals surface area contributed by atoms with Crippen molar-refractivity contribution in [3.63, 3.8) is 0 Å². The maximum absolute atomic E-state index is 11.0. The van der Waals surface area contributed by atoms with Crippen LogP contribution in [-0.4, -0.2) is 83.7 Å². The van der Waals surface area contributed by atoms with Crippen LogP contribution < -0.4 is 0 Å². The van der Waals surface area contributed by atoms with Crippen molar-refractivity contribution in [3.05, 3.63) is 57.6 Å². The van der Waals surface area contributed by atoms with Gasteiger partial charge in [0.2, 0.25) is 0 Å². The molecule has 4 unspecified atom stereocenters. The minimum atomic E-state index is 0. The number of aliphatic imine (C=N–C) groups is 4. The number of phenols is 2. The molecule has 0 amide bonds. The molecule has 10 heteroatoms. The minimum Gasteiger partial charge on any atom is -0.507 e. The molecule has 2 aromatic carbocycles. The van der Waals surface area contributed by atoms with E-state index in [9.17, 15) is 10.2 Å². The average Bonchev–Trinajstić information content (AvgIpc) is 2.98. The van der Waals surface area contributed by atoms with Gasteiger partial charge in [0, 0.05) is 61.3 Å². The Morgan fingerprint density at radius 3 is 0.905 bits per heavy atom. The number of fused-ring (bicyclic) bond motifs is 6. The van der Waals surface area contributed by atoms with Crippen LogP contribution in [0.25, 0.3) is 0 Å². The molecule has 2 saturated carbocycles. The number of rotatable bonds is 0. The molecule has 42 heavy (non-hydrogen) atoms. The summed E-state index contributed by atoms with van der Waals surface area (Å²) in [5.41, 5.74) is 4.97. The van der Waals surface area contributed by atoms with Gasteiger partial charge in [-0.2, -0.15) is 0 Å². The van der Waals surface area contributed by atoms with Gasteiger partial charge in [-0.15, -0.1) is 0 Å². The van der Waals surface area contributed by atoms with E-state index in [0.717, 1.165) is 76.7 Å². The summed E-state index contributed by atoms with van der Waals surface area (Å²) in [4.78, 5) is 19.6. The molecule has 3 aliphatic rings. The summed E-state index contributed by atoms with van der Waals surface area (Å²) in [6.07, 6.45) is 15.5. The topological polar surface area (TPSA) is 130 Å². The number of phenolic OH excluding ortho intramolecular Hbond substituents is 2. The zero-order valence-corrected chi connectivity index (χ0v) is 26.6. The molecular weight excluding hydrogens is 631 g/mol. The van der Waals surface area contributed by atoms with E-state index in [0.29, 0.717) is 22.3 Å². The van der Waals surface area contributed by atoms with Crippen LogP contribution in [0.1, 0.15) is 84.7 Å². The molecule has 1 aliphatic heterocycles. The Bertz CT molecular complexity index is 1070.